The molecule has 0 unspecified atom stereocenters. The maximum atomic E-state index is 13.1. The van der Waals surface area contributed by atoms with Gasteiger partial charge >= 0.3 is 11.9 Å². The van der Waals surface area contributed by atoms with E-state index in [0.717, 1.165) is 12.1 Å². The number of aromatic carboxylic acids is 2. The predicted octanol–water partition coefficient (Wildman–Crippen LogP) is 2.08. The van der Waals surface area contributed by atoms with Crippen LogP contribution in [0.4, 0.5) is 4.39 Å². The molecule has 18 heavy (non-hydrogen) atoms. The van der Waals surface area contributed by atoms with Crippen LogP contribution in [-0.4, -0.2) is 27.1 Å². The molecule has 0 bridgehead atoms. The lowest BCUT2D eigenvalue weighted by molar-refractivity contribution is 0.0690. The molecule has 2 rings (SSSR count). The summed E-state index contributed by atoms with van der Waals surface area (Å²) in [6, 6.07) is 3.38. The Morgan fingerprint density at radius 1 is 1.22 bits per heavy atom. The fourth-order valence-electron chi connectivity index (χ4n) is 1.81. The molecule has 5 nitrogen and oxygen atoms in total. The van der Waals surface area contributed by atoms with E-state index in [9.17, 15) is 14.0 Å². The highest BCUT2D eigenvalue weighted by molar-refractivity contribution is 6.06. The van der Waals surface area contributed by atoms with Gasteiger partial charge in [-0.25, -0.2) is 19.0 Å². The van der Waals surface area contributed by atoms with Gasteiger partial charge in [0, 0.05) is 5.39 Å². The van der Waals surface area contributed by atoms with Gasteiger partial charge in [-0.3, -0.25) is 0 Å². The van der Waals surface area contributed by atoms with Crippen LogP contribution < -0.4 is 0 Å². The van der Waals surface area contributed by atoms with E-state index in [-0.39, 0.29) is 27.7 Å². The first-order valence-electron chi connectivity index (χ1n) is 4.98. The molecule has 0 saturated carbocycles. The zero-order valence-corrected chi connectivity index (χ0v) is 9.27. The third-order valence-corrected chi connectivity index (χ3v) is 2.61. The van der Waals surface area contributed by atoms with Crippen molar-refractivity contribution in [3.05, 3.63) is 40.8 Å². The number of carboxylic acid groups (broad SMARTS) is 2. The third kappa shape index (κ3) is 1.77. The molecular weight excluding hydrogens is 241 g/mol. The van der Waals surface area contributed by atoms with Crippen LogP contribution in [0.2, 0.25) is 0 Å². The maximum absolute atomic E-state index is 13.1. The average Bonchev–Trinajstić information content (AvgIpc) is 2.26. The van der Waals surface area contributed by atoms with Gasteiger partial charge in [-0.05, 0) is 30.7 Å². The third-order valence-electron chi connectivity index (χ3n) is 2.61. The number of rotatable bonds is 2. The molecule has 0 radical (unpaired) electrons. The van der Waals surface area contributed by atoms with Gasteiger partial charge in [0.05, 0.1) is 11.1 Å². The molecule has 0 spiro atoms. The summed E-state index contributed by atoms with van der Waals surface area (Å²) in [5.74, 6) is -3.23. The number of hydrogen-bond acceptors (Lipinski definition) is 3. The fourth-order valence-corrected chi connectivity index (χ4v) is 1.81. The van der Waals surface area contributed by atoms with E-state index in [0.29, 0.717) is 0 Å². The van der Waals surface area contributed by atoms with Crippen molar-refractivity contribution >= 4 is 22.8 Å². The minimum atomic E-state index is -1.32. The van der Waals surface area contributed by atoms with E-state index in [1.807, 2.05) is 0 Å². The monoisotopic (exact) mass is 249 g/mol. The summed E-state index contributed by atoms with van der Waals surface area (Å²) in [7, 11) is 0. The molecule has 0 atom stereocenters. The van der Waals surface area contributed by atoms with Crippen molar-refractivity contribution in [1.82, 2.24) is 4.98 Å². The lowest BCUT2D eigenvalue weighted by atomic mass is 10.0. The first-order chi connectivity index (χ1) is 8.41. The molecule has 1 heterocycles. The molecular formula is C12H8FNO4. The minimum absolute atomic E-state index is 0.00750. The van der Waals surface area contributed by atoms with Crippen LogP contribution in [0.25, 0.3) is 10.9 Å². The highest BCUT2D eigenvalue weighted by Crippen LogP contribution is 2.24. The Hall–Kier alpha value is -2.50. The van der Waals surface area contributed by atoms with Gasteiger partial charge in [-0.2, -0.15) is 0 Å². The molecule has 0 amide bonds. The molecule has 2 N–H and O–H groups in total. The van der Waals surface area contributed by atoms with Crippen molar-refractivity contribution in [2.24, 2.45) is 0 Å². The summed E-state index contributed by atoms with van der Waals surface area (Å²) in [5, 5.41) is 18.2. The fraction of sp³-hybridized carbons (Fsp3) is 0.0833. The number of carbonyl (C=O) groups is 2. The van der Waals surface area contributed by atoms with Crippen LogP contribution in [0.1, 0.15) is 26.4 Å². The minimum Gasteiger partial charge on any atom is -0.478 e. The van der Waals surface area contributed by atoms with Gasteiger partial charge in [0.25, 0.3) is 0 Å². The van der Waals surface area contributed by atoms with Crippen LogP contribution >= 0.6 is 0 Å². The number of carboxylic acids is 2. The standard InChI is InChI=1S/C12H8FNO4/c1-5-9(11(15)16)7-4-6(13)2-3-8(7)14-10(5)12(17)18/h2-4H,1H3,(H,15,16)(H,17,18). The number of aromatic nitrogens is 1. The largest absolute Gasteiger partial charge is 0.478 e. The van der Waals surface area contributed by atoms with Crippen molar-refractivity contribution < 1.29 is 24.2 Å². The lowest BCUT2D eigenvalue weighted by Crippen LogP contribution is -2.11. The Morgan fingerprint density at radius 3 is 2.44 bits per heavy atom. The summed E-state index contributed by atoms with van der Waals surface area (Å²) in [4.78, 5) is 26.0. The van der Waals surface area contributed by atoms with Crippen LogP contribution in [0.15, 0.2) is 18.2 Å². The highest BCUT2D eigenvalue weighted by atomic mass is 19.1. The van der Waals surface area contributed by atoms with Crippen LogP contribution in [0.3, 0.4) is 0 Å². The van der Waals surface area contributed by atoms with Gasteiger partial charge in [0.2, 0.25) is 0 Å². The van der Waals surface area contributed by atoms with Crippen LogP contribution in [0.5, 0.6) is 0 Å². The lowest BCUT2D eigenvalue weighted by Gasteiger charge is -2.08. The predicted molar refractivity (Wildman–Crippen MR) is 60.4 cm³/mol. The van der Waals surface area contributed by atoms with Gasteiger partial charge in [0.15, 0.2) is 5.69 Å². The number of hydrogen-bond donors (Lipinski definition) is 2. The van der Waals surface area contributed by atoms with Crippen molar-refractivity contribution in [2.45, 2.75) is 6.92 Å². The summed E-state index contributed by atoms with van der Waals surface area (Å²) >= 11 is 0. The molecule has 2 aromatic rings. The SMILES string of the molecule is Cc1c(C(=O)O)nc2ccc(F)cc2c1C(=O)O. The van der Waals surface area contributed by atoms with Gasteiger partial charge in [0.1, 0.15) is 5.82 Å². The molecule has 1 aromatic carbocycles. The molecule has 6 heteroatoms. The number of pyridine rings is 1. The van der Waals surface area contributed by atoms with Gasteiger partial charge in [-0.15, -0.1) is 0 Å². The zero-order valence-electron chi connectivity index (χ0n) is 9.27. The second-order valence-electron chi connectivity index (χ2n) is 3.73. The van der Waals surface area contributed by atoms with Crippen molar-refractivity contribution in [1.29, 1.82) is 0 Å². The zero-order chi connectivity index (χ0) is 13.4. The second kappa shape index (κ2) is 4.06. The summed E-state index contributed by atoms with van der Waals surface area (Å²) in [6.07, 6.45) is 0. The molecule has 0 fully saturated rings. The summed E-state index contributed by atoms with van der Waals surface area (Å²) in [5.41, 5.74) is -0.437. The van der Waals surface area contributed by atoms with E-state index in [4.69, 9.17) is 10.2 Å². The number of halogens is 1. The van der Waals surface area contributed by atoms with E-state index in [1.165, 1.54) is 13.0 Å². The summed E-state index contributed by atoms with van der Waals surface area (Å²) < 4.78 is 13.1. The molecule has 0 aliphatic rings. The Morgan fingerprint density at radius 2 is 1.89 bits per heavy atom. The van der Waals surface area contributed by atoms with E-state index in [1.54, 1.807) is 0 Å². The Bertz CT molecular complexity index is 681. The molecule has 0 aliphatic carbocycles. The second-order valence-corrected chi connectivity index (χ2v) is 3.73. The smallest absolute Gasteiger partial charge is 0.354 e. The Balaban J connectivity index is 2.97. The average molecular weight is 249 g/mol. The number of benzene rings is 1. The highest BCUT2D eigenvalue weighted by Gasteiger charge is 2.20. The maximum Gasteiger partial charge on any atom is 0.354 e. The Kier molecular flexibility index (Phi) is 2.70. The molecule has 92 valence electrons. The van der Waals surface area contributed by atoms with Gasteiger partial charge < -0.3 is 10.2 Å². The topological polar surface area (TPSA) is 87.5 Å². The van der Waals surface area contributed by atoms with Crippen LogP contribution in [0, 0.1) is 12.7 Å². The van der Waals surface area contributed by atoms with E-state index in [2.05, 4.69) is 4.98 Å². The quantitative estimate of drug-likeness (QED) is 0.850. The van der Waals surface area contributed by atoms with E-state index < -0.39 is 17.8 Å². The number of fused-ring (bicyclic) bond motifs is 1. The molecule has 0 saturated heterocycles. The molecule has 0 aliphatic heterocycles. The Labute approximate surface area is 101 Å². The van der Waals surface area contributed by atoms with Crippen molar-refractivity contribution in [2.75, 3.05) is 0 Å². The molecule has 1 aromatic heterocycles. The number of nitrogens with zero attached hydrogens (tertiary/aromatic N) is 1. The van der Waals surface area contributed by atoms with Crippen molar-refractivity contribution in [3.63, 3.8) is 0 Å². The summed E-state index contributed by atoms with van der Waals surface area (Å²) in [6.45, 7) is 1.34. The first kappa shape index (κ1) is 12.0. The van der Waals surface area contributed by atoms with Crippen molar-refractivity contribution in [3.8, 4) is 0 Å². The van der Waals surface area contributed by atoms with Crippen LogP contribution in [-0.2, 0) is 0 Å². The van der Waals surface area contributed by atoms with E-state index >= 15 is 0 Å². The van der Waals surface area contributed by atoms with Gasteiger partial charge in [-0.1, -0.05) is 0 Å². The first-order valence-corrected chi connectivity index (χ1v) is 4.98. The normalized spacial score (nSPS) is 10.6.